The first kappa shape index (κ1) is 11.7. The minimum atomic E-state index is -0.287. The molecule has 1 aromatic rings. The Morgan fingerprint density at radius 2 is 2.07 bits per heavy atom. The molecule has 0 aromatic carbocycles. The van der Waals surface area contributed by atoms with Crippen LogP contribution in [0.4, 0.5) is 0 Å². The summed E-state index contributed by atoms with van der Waals surface area (Å²) in [7, 11) is 0. The molecule has 1 rings (SSSR count). The number of ketones is 1. The fourth-order valence-corrected chi connectivity index (χ4v) is 2.15. The highest BCUT2D eigenvalue weighted by Crippen LogP contribution is 2.24. The minimum Gasteiger partial charge on any atom is -0.294 e. The van der Waals surface area contributed by atoms with E-state index in [1.807, 2.05) is 39.0 Å². The lowest BCUT2D eigenvalue weighted by Gasteiger charge is -2.12. The maximum absolute atomic E-state index is 11.6. The number of allylic oxidation sites excluding steroid dienone is 1. The van der Waals surface area contributed by atoms with Crippen molar-refractivity contribution in [2.24, 2.45) is 5.41 Å². The molecule has 0 spiro atoms. The Bertz CT molecular complexity index is 358. The van der Waals surface area contributed by atoms with Gasteiger partial charge in [-0.05, 0) is 40.2 Å². The molecule has 0 bridgehead atoms. The number of carbonyl (C=O) groups excluding carboxylic acids is 1. The molecule has 0 aliphatic heterocycles. The van der Waals surface area contributed by atoms with Crippen LogP contribution in [0.2, 0.25) is 0 Å². The Balaban J connectivity index is 2.70. The second-order valence-corrected chi connectivity index (χ2v) is 6.58. The summed E-state index contributed by atoms with van der Waals surface area (Å²) in [6.45, 7) is 5.76. The number of hydrogen-bond acceptors (Lipinski definition) is 2. The third-order valence-electron chi connectivity index (χ3n) is 1.73. The smallest absolute Gasteiger partial charge is 0.161 e. The molecule has 14 heavy (non-hydrogen) atoms. The van der Waals surface area contributed by atoms with E-state index in [2.05, 4.69) is 15.9 Å². The van der Waals surface area contributed by atoms with Gasteiger partial charge < -0.3 is 0 Å². The first-order valence-electron chi connectivity index (χ1n) is 4.37. The van der Waals surface area contributed by atoms with Gasteiger partial charge in [0.2, 0.25) is 0 Å². The molecule has 0 aliphatic rings. The summed E-state index contributed by atoms with van der Waals surface area (Å²) in [4.78, 5) is 12.6. The van der Waals surface area contributed by atoms with E-state index < -0.39 is 0 Å². The van der Waals surface area contributed by atoms with Crippen LogP contribution in [0, 0.1) is 5.41 Å². The van der Waals surface area contributed by atoms with E-state index in [0.29, 0.717) is 0 Å². The monoisotopic (exact) mass is 272 g/mol. The van der Waals surface area contributed by atoms with Gasteiger partial charge in [-0.15, -0.1) is 11.3 Å². The van der Waals surface area contributed by atoms with Crippen LogP contribution in [0.5, 0.6) is 0 Å². The quantitative estimate of drug-likeness (QED) is 0.740. The molecule has 1 heterocycles. The number of carbonyl (C=O) groups is 1. The first-order chi connectivity index (χ1) is 6.39. The SMILES string of the molecule is CC(C)(C)C(=O)/C=C/c1ccc(Br)s1. The number of hydrogen-bond donors (Lipinski definition) is 0. The van der Waals surface area contributed by atoms with Gasteiger partial charge in [-0.3, -0.25) is 4.79 Å². The van der Waals surface area contributed by atoms with Gasteiger partial charge in [0.15, 0.2) is 5.78 Å². The zero-order valence-corrected chi connectivity index (χ0v) is 10.9. The molecule has 0 radical (unpaired) electrons. The second kappa shape index (κ2) is 4.41. The van der Waals surface area contributed by atoms with E-state index in [1.165, 1.54) is 0 Å². The zero-order valence-electron chi connectivity index (χ0n) is 8.50. The van der Waals surface area contributed by atoms with Crippen molar-refractivity contribution in [3.05, 3.63) is 26.9 Å². The Hall–Kier alpha value is -0.410. The number of rotatable bonds is 2. The third kappa shape index (κ3) is 3.39. The van der Waals surface area contributed by atoms with E-state index in [9.17, 15) is 4.79 Å². The maximum atomic E-state index is 11.6. The summed E-state index contributed by atoms with van der Waals surface area (Å²) < 4.78 is 1.08. The summed E-state index contributed by atoms with van der Waals surface area (Å²) in [5.41, 5.74) is -0.287. The van der Waals surface area contributed by atoms with Crippen molar-refractivity contribution >= 4 is 39.1 Å². The van der Waals surface area contributed by atoms with Gasteiger partial charge in [-0.2, -0.15) is 0 Å². The largest absolute Gasteiger partial charge is 0.294 e. The van der Waals surface area contributed by atoms with Crippen LogP contribution in [-0.4, -0.2) is 5.78 Å². The van der Waals surface area contributed by atoms with Gasteiger partial charge in [0, 0.05) is 10.3 Å². The normalized spacial score (nSPS) is 12.3. The summed E-state index contributed by atoms with van der Waals surface area (Å²) in [5, 5.41) is 0. The van der Waals surface area contributed by atoms with Crippen molar-refractivity contribution in [1.82, 2.24) is 0 Å². The van der Waals surface area contributed by atoms with Crippen molar-refractivity contribution in [2.45, 2.75) is 20.8 Å². The maximum Gasteiger partial charge on any atom is 0.161 e. The summed E-state index contributed by atoms with van der Waals surface area (Å²) in [6, 6.07) is 3.97. The molecule has 0 aliphatic carbocycles. The molecule has 1 aromatic heterocycles. The Labute approximate surface area is 97.0 Å². The molecular formula is C11H13BrOS. The molecule has 0 unspecified atom stereocenters. The van der Waals surface area contributed by atoms with Crippen LogP contribution >= 0.6 is 27.3 Å². The molecule has 76 valence electrons. The molecule has 0 N–H and O–H groups in total. The van der Waals surface area contributed by atoms with Crippen molar-refractivity contribution in [3.63, 3.8) is 0 Å². The minimum absolute atomic E-state index is 0.155. The van der Waals surface area contributed by atoms with Crippen molar-refractivity contribution < 1.29 is 4.79 Å². The average molecular weight is 273 g/mol. The van der Waals surface area contributed by atoms with Crippen LogP contribution in [0.25, 0.3) is 6.08 Å². The van der Waals surface area contributed by atoms with E-state index in [-0.39, 0.29) is 11.2 Å². The van der Waals surface area contributed by atoms with Crippen LogP contribution in [-0.2, 0) is 4.79 Å². The fourth-order valence-electron chi connectivity index (χ4n) is 0.826. The van der Waals surface area contributed by atoms with E-state index >= 15 is 0 Å². The van der Waals surface area contributed by atoms with E-state index in [0.717, 1.165) is 8.66 Å². The second-order valence-electron chi connectivity index (χ2n) is 4.09. The Kier molecular flexibility index (Phi) is 3.67. The van der Waals surface area contributed by atoms with Gasteiger partial charge in [0.25, 0.3) is 0 Å². The van der Waals surface area contributed by atoms with E-state index in [4.69, 9.17) is 0 Å². The highest BCUT2D eigenvalue weighted by Gasteiger charge is 2.17. The Morgan fingerprint density at radius 3 is 2.50 bits per heavy atom. The van der Waals surface area contributed by atoms with Crippen molar-refractivity contribution in [3.8, 4) is 0 Å². The lowest BCUT2D eigenvalue weighted by atomic mass is 9.91. The number of thiophene rings is 1. The molecule has 0 saturated heterocycles. The average Bonchev–Trinajstić information content (AvgIpc) is 2.45. The predicted molar refractivity (Wildman–Crippen MR) is 65.5 cm³/mol. The lowest BCUT2D eigenvalue weighted by molar-refractivity contribution is -0.121. The van der Waals surface area contributed by atoms with Gasteiger partial charge >= 0.3 is 0 Å². The summed E-state index contributed by atoms with van der Waals surface area (Å²) in [5.74, 6) is 0.155. The topological polar surface area (TPSA) is 17.1 Å². The summed E-state index contributed by atoms with van der Waals surface area (Å²) in [6.07, 6.45) is 3.52. The van der Waals surface area contributed by atoms with E-state index in [1.54, 1.807) is 17.4 Å². The first-order valence-corrected chi connectivity index (χ1v) is 5.98. The molecule has 0 saturated carbocycles. The van der Waals surface area contributed by atoms with Gasteiger partial charge in [-0.25, -0.2) is 0 Å². The third-order valence-corrected chi connectivity index (χ3v) is 3.32. The van der Waals surface area contributed by atoms with Crippen LogP contribution in [0.1, 0.15) is 25.6 Å². The van der Waals surface area contributed by atoms with Crippen LogP contribution in [0.3, 0.4) is 0 Å². The Morgan fingerprint density at radius 1 is 1.43 bits per heavy atom. The molecule has 3 heteroatoms. The highest BCUT2D eigenvalue weighted by molar-refractivity contribution is 9.11. The van der Waals surface area contributed by atoms with Gasteiger partial charge in [0.05, 0.1) is 3.79 Å². The highest BCUT2D eigenvalue weighted by atomic mass is 79.9. The number of halogens is 1. The van der Waals surface area contributed by atoms with Crippen LogP contribution in [0.15, 0.2) is 22.0 Å². The van der Waals surface area contributed by atoms with Crippen molar-refractivity contribution in [2.75, 3.05) is 0 Å². The molecular weight excluding hydrogens is 260 g/mol. The van der Waals surface area contributed by atoms with Gasteiger partial charge in [-0.1, -0.05) is 20.8 Å². The molecule has 0 atom stereocenters. The predicted octanol–water partition coefficient (Wildman–Crippen LogP) is 4.14. The fraction of sp³-hybridized carbons (Fsp3) is 0.364. The molecule has 1 nitrogen and oxygen atoms in total. The zero-order chi connectivity index (χ0) is 10.8. The molecule has 0 fully saturated rings. The van der Waals surface area contributed by atoms with Gasteiger partial charge in [0.1, 0.15) is 0 Å². The standard InChI is InChI=1S/C11H13BrOS/c1-11(2,3)9(13)6-4-8-5-7-10(12)14-8/h4-7H,1-3H3/b6-4+. The lowest BCUT2D eigenvalue weighted by Crippen LogP contribution is -2.17. The summed E-state index contributed by atoms with van der Waals surface area (Å²) >= 11 is 5.00. The molecule has 0 amide bonds. The van der Waals surface area contributed by atoms with Crippen molar-refractivity contribution in [1.29, 1.82) is 0 Å². The van der Waals surface area contributed by atoms with Crippen LogP contribution < -0.4 is 0 Å².